The molecule has 0 saturated carbocycles. The Bertz CT molecular complexity index is 56.9. The van der Waals surface area contributed by atoms with E-state index in [9.17, 15) is 0 Å². The maximum absolute atomic E-state index is 5.57. The van der Waals surface area contributed by atoms with Crippen molar-refractivity contribution in [1.29, 1.82) is 0 Å². The van der Waals surface area contributed by atoms with Gasteiger partial charge in [-0.05, 0) is 19.8 Å². The summed E-state index contributed by atoms with van der Waals surface area (Å²) >= 11 is 0. The van der Waals surface area contributed by atoms with Gasteiger partial charge in [-0.2, -0.15) is 0 Å². The van der Waals surface area contributed by atoms with Gasteiger partial charge in [-0.3, -0.25) is 0 Å². The third-order valence-corrected chi connectivity index (χ3v) is 1.54. The van der Waals surface area contributed by atoms with Crippen molar-refractivity contribution >= 4 is 0 Å². The molecule has 2 N–H and O–H groups in total. The van der Waals surface area contributed by atoms with Crippen LogP contribution in [0.2, 0.25) is 0 Å². The molecule has 0 aromatic rings. The van der Waals surface area contributed by atoms with Gasteiger partial charge in [0.15, 0.2) is 0 Å². The molecule has 48 valence electrons. The molecule has 2 nitrogen and oxygen atoms in total. The van der Waals surface area contributed by atoms with Crippen LogP contribution in [0.1, 0.15) is 19.8 Å². The zero-order chi connectivity index (χ0) is 5.98. The van der Waals surface area contributed by atoms with Crippen molar-refractivity contribution in [2.24, 2.45) is 5.73 Å². The molecular weight excluding hydrogens is 102 g/mol. The first-order valence-corrected chi connectivity index (χ1v) is 3.16. The highest BCUT2D eigenvalue weighted by Gasteiger charge is 2.13. The molecule has 0 radical (unpaired) electrons. The van der Waals surface area contributed by atoms with Crippen molar-refractivity contribution in [2.45, 2.75) is 31.9 Å². The van der Waals surface area contributed by atoms with Crippen LogP contribution in [0.5, 0.6) is 0 Å². The first-order valence-electron chi connectivity index (χ1n) is 3.16. The number of ether oxygens (including phenoxy) is 1. The van der Waals surface area contributed by atoms with Crippen LogP contribution in [0, 0.1) is 0 Å². The van der Waals surface area contributed by atoms with Crippen LogP contribution in [0.15, 0.2) is 0 Å². The summed E-state index contributed by atoms with van der Waals surface area (Å²) in [5.41, 5.74) is 5.57. The third-order valence-electron chi connectivity index (χ3n) is 1.54. The molecule has 1 aliphatic rings. The van der Waals surface area contributed by atoms with Gasteiger partial charge >= 0.3 is 0 Å². The van der Waals surface area contributed by atoms with Crippen molar-refractivity contribution in [3.05, 3.63) is 0 Å². The maximum atomic E-state index is 5.57. The SMILES string of the molecule is C[C@@H]1CCC(N)CO1. The van der Waals surface area contributed by atoms with E-state index in [4.69, 9.17) is 10.5 Å². The number of nitrogens with two attached hydrogens (primary N) is 1. The quantitative estimate of drug-likeness (QED) is 0.499. The molecule has 0 aromatic carbocycles. The Morgan fingerprint density at radius 3 is 2.62 bits per heavy atom. The fraction of sp³-hybridized carbons (Fsp3) is 1.00. The number of hydrogen-bond acceptors (Lipinski definition) is 2. The van der Waals surface area contributed by atoms with E-state index < -0.39 is 0 Å². The molecule has 0 aromatic heterocycles. The van der Waals surface area contributed by atoms with Crippen LogP contribution in [-0.4, -0.2) is 18.8 Å². The molecule has 0 spiro atoms. The summed E-state index contributed by atoms with van der Waals surface area (Å²) in [6, 6.07) is 0.297. The van der Waals surface area contributed by atoms with Crippen molar-refractivity contribution in [1.82, 2.24) is 0 Å². The second-order valence-electron chi connectivity index (χ2n) is 2.48. The molecule has 1 rings (SSSR count). The molecule has 1 fully saturated rings. The number of hydrogen-bond donors (Lipinski definition) is 1. The van der Waals surface area contributed by atoms with Crippen LogP contribution >= 0.6 is 0 Å². The molecule has 0 aliphatic carbocycles. The largest absolute Gasteiger partial charge is 0.377 e. The van der Waals surface area contributed by atoms with E-state index in [0.29, 0.717) is 12.1 Å². The summed E-state index contributed by atoms with van der Waals surface area (Å²) in [7, 11) is 0. The van der Waals surface area contributed by atoms with E-state index in [1.807, 2.05) is 0 Å². The summed E-state index contributed by atoms with van der Waals surface area (Å²) in [4.78, 5) is 0. The van der Waals surface area contributed by atoms with Gasteiger partial charge in [-0.25, -0.2) is 0 Å². The standard InChI is InChI=1S/C6H13NO/c1-5-2-3-6(7)4-8-5/h5-6H,2-4,7H2,1H3/t5-,6?/m1/s1. The molecule has 0 amide bonds. The lowest BCUT2D eigenvalue weighted by Crippen LogP contribution is -2.34. The first kappa shape index (κ1) is 6.05. The van der Waals surface area contributed by atoms with Gasteiger partial charge in [-0.15, -0.1) is 0 Å². The van der Waals surface area contributed by atoms with Crippen LogP contribution in [0.4, 0.5) is 0 Å². The molecule has 1 aliphatic heterocycles. The minimum absolute atomic E-state index is 0.297. The van der Waals surface area contributed by atoms with Crippen molar-refractivity contribution in [2.75, 3.05) is 6.61 Å². The van der Waals surface area contributed by atoms with Crippen molar-refractivity contribution < 1.29 is 4.74 Å². The predicted molar refractivity (Wildman–Crippen MR) is 32.6 cm³/mol. The Hall–Kier alpha value is -0.0800. The topological polar surface area (TPSA) is 35.2 Å². The highest BCUT2D eigenvalue weighted by atomic mass is 16.5. The fourth-order valence-corrected chi connectivity index (χ4v) is 0.903. The second kappa shape index (κ2) is 2.46. The van der Waals surface area contributed by atoms with E-state index in [1.165, 1.54) is 0 Å². The zero-order valence-corrected chi connectivity index (χ0v) is 5.26. The summed E-state index contributed by atoms with van der Waals surface area (Å²) in [5, 5.41) is 0. The Kier molecular flexibility index (Phi) is 1.86. The summed E-state index contributed by atoms with van der Waals surface area (Å²) in [6.07, 6.45) is 2.69. The average Bonchev–Trinajstić information content (AvgIpc) is 1.77. The highest BCUT2D eigenvalue weighted by Crippen LogP contribution is 2.10. The molecule has 1 saturated heterocycles. The van der Waals surface area contributed by atoms with Crippen molar-refractivity contribution in [3.63, 3.8) is 0 Å². The number of rotatable bonds is 0. The monoisotopic (exact) mass is 115 g/mol. The maximum Gasteiger partial charge on any atom is 0.0621 e. The predicted octanol–water partition coefficient (Wildman–Crippen LogP) is 0.513. The molecular formula is C6H13NO. The zero-order valence-electron chi connectivity index (χ0n) is 5.26. The Morgan fingerprint density at radius 1 is 1.50 bits per heavy atom. The van der Waals surface area contributed by atoms with Gasteiger partial charge in [-0.1, -0.05) is 0 Å². The Balaban J connectivity index is 2.19. The summed E-state index contributed by atoms with van der Waals surface area (Å²) in [6.45, 7) is 2.84. The Labute approximate surface area is 50.0 Å². The molecule has 0 bridgehead atoms. The van der Waals surface area contributed by atoms with Crippen LogP contribution in [0.25, 0.3) is 0 Å². The normalized spacial score (nSPS) is 39.8. The van der Waals surface area contributed by atoms with E-state index in [0.717, 1.165) is 19.4 Å². The molecule has 2 heteroatoms. The van der Waals surface area contributed by atoms with Crippen LogP contribution < -0.4 is 5.73 Å². The second-order valence-corrected chi connectivity index (χ2v) is 2.48. The Morgan fingerprint density at radius 2 is 2.25 bits per heavy atom. The van der Waals surface area contributed by atoms with E-state index >= 15 is 0 Å². The van der Waals surface area contributed by atoms with Gasteiger partial charge in [0.2, 0.25) is 0 Å². The lowest BCUT2D eigenvalue weighted by Gasteiger charge is -2.23. The van der Waals surface area contributed by atoms with Gasteiger partial charge < -0.3 is 10.5 Å². The van der Waals surface area contributed by atoms with Gasteiger partial charge in [0.05, 0.1) is 12.7 Å². The van der Waals surface area contributed by atoms with E-state index in [-0.39, 0.29) is 0 Å². The molecule has 8 heavy (non-hydrogen) atoms. The van der Waals surface area contributed by atoms with Crippen LogP contribution in [0.3, 0.4) is 0 Å². The fourth-order valence-electron chi connectivity index (χ4n) is 0.903. The van der Waals surface area contributed by atoms with E-state index in [2.05, 4.69) is 6.92 Å². The third kappa shape index (κ3) is 1.46. The van der Waals surface area contributed by atoms with Gasteiger partial charge in [0, 0.05) is 6.04 Å². The first-order chi connectivity index (χ1) is 3.79. The summed E-state index contributed by atoms with van der Waals surface area (Å²) in [5.74, 6) is 0. The van der Waals surface area contributed by atoms with Crippen molar-refractivity contribution in [3.8, 4) is 0 Å². The van der Waals surface area contributed by atoms with Gasteiger partial charge in [0.25, 0.3) is 0 Å². The molecule has 2 atom stereocenters. The van der Waals surface area contributed by atoms with E-state index in [1.54, 1.807) is 0 Å². The van der Waals surface area contributed by atoms with Crippen LogP contribution in [-0.2, 0) is 4.74 Å². The summed E-state index contributed by atoms with van der Waals surface area (Å²) < 4.78 is 5.27. The highest BCUT2D eigenvalue weighted by molar-refractivity contribution is 4.68. The average molecular weight is 115 g/mol. The van der Waals surface area contributed by atoms with Gasteiger partial charge in [0.1, 0.15) is 0 Å². The minimum atomic E-state index is 0.297. The lowest BCUT2D eigenvalue weighted by atomic mass is 10.1. The molecule has 1 heterocycles. The molecule has 1 unspecified atom stereocenters. The smallest absolute Gasteiger partial charge is 0.0621 e. The minimum Gasteiger partial charge on any atom is -0.377 e. The lowest BCUT2D eigenvalue weighted by molar-refractivity contribution is 0.0172.